The Kier molecular flexibility index (Phi) is 5.70. The number of ether oxygens (including phenoxy) is 2. The number of carbonyl (C=O) groups is 1. The fourth-order valence-corrected chi connectivity index (χ4v) is 2.25. The smallest absolute Gasteiger partial charge is 0.416 e. The Morgan fingerprint density at radius 1 is 1.39 bits per heavy atom. The third-order valence-electron chi connectivity index (χ3n) is 3.57. The lowest BCUT2D eigenvalue weighted by atomic mass is 10.1. The summed E-state index contributed by atoms with van der Waals surface area (Å²) in [6.45, 7) is -0.0892. The van der Waals surface area contributed by atoms with Crippen LogP contribution < -0.4 is 10.1 Å². The number of rotatable bonds is 4. The van der Waals surface area contributed by atoms with Gasteiger partial charge in [0.1, 0.15) is 5.75 Å². The van der Waals surface area contributed by atoms with Crippen LogP contribution >= 0.6 is 0 Å². The summed E-state index contributed by atoms with van der Waals surface area (Å²) in [5.74, 6) is 0.740. The molecule has 1 aromatic rings. The third-order valence-corrected chi connectivity index (χ3v) is 3.57. The minimum Gasteiger partial charge on any atom is -0.497 e. The predicted octanol–water partition coefficient (Wildman–Crippen LogP) is 2.21. The van der Waals surface area contributed by atoms with Crippen LogP contribution in [-0.2, 0) is 11.2 Å². The van der Waals surface area contributed by atoms with E-state index in [1.165, 1.54) is 0 Å². The van der Waals surface area contributed by atoms with Crippen LogP contribution in [0.3, 0.4) is 0 Å². The zero-order valence-corrected chi connectivity index (χ0v) is 12.7. The molecule has 1 aliphatic heterocycles. The number of hydrogen-bond acceptors (Lipinski definition) is 3. The molecule has 0 radical (unpaired) electrons. The van der Waals surface area contributed by atoms with E-state index in [1.54, 1.807) is 7.11 Å². The van der Waals surface area contributed by atoms with E-state index in [-0.39, 0.29) is 13.2 Å². The molecular formula is C15H19F3N2O3. The van der Waals surface area contributed by atoms with Gasteiger partial charge in [0.2, 0.25) is 0 Å². The largest absolute Gasteiger partial charge is 0.497 e. The molecule has 128 valence electrons. The number of benzene rings is 1. The Morgan fingerprint density at radius 2 is 2.09 bits per heavy atom. The number of nitrogens with zero attached hydrogens (tertiary/aromatic N) is 1. The lowest BCUT2D eigenvalue weighted by molar-refractivity contribution is -0.233. The molecule has 8 heteroatoms. The van der Waals surface area contributed by atoms with Gasteiger partial charge in [0.15, 0.2) is 6.10 Å². The van der Waals surface area contributed by atoms with Gasteiger partial charge in [-0.25, -0.2) is 4.79 Å². The second-order valence-electron chi connectivity index (χ2n) is 5.18. The number of alkyl halides is 3. The molecule has 23 heavy (non-hydrogen) atoms. The maximum absolute atomic E-state index is 12.6. The van der Waals surface area contributed by atoms with E-state index in [9.17, 15) is 18.0 Å². The van der Waals surface area contributed by atoms with Gasteiger partial charge in [-0.2, -0.15) is 13.2 Å². The van der Waals surface area contributed by atoms with Crippen molar-refractivity contribution in [2.45, 2.75) is 18.7 Å². The van der Waals surface area contributed by atoms with Crippen molar-refractivity contribution in [1.82, 2.24) is 10.2 Å². The Balaban J connectivity index is 1.77. The van der Waals surface area contributed by atoms with Crippen LogP contribution in [0.2, 0.25) is 0 Å². The summed E-state index contributed by atoms with van der Waals surface area (Å²) in [6, 6.07) is 6.87. The van der Waals surface area contributed by atoms with Gasteiger partial charge in [0, 0.05) is 13.1 Å². The average molecular weight is 332 g/mol. The molecule has 1 atom stereocenters. The molecule has 0 spiro atoms. The van der Waals surface area contributed by atoms with Crippen LogP contribution in [0.4, 0.5) is 18.0 Å². The topological polar surface area (TPSA) is 50.8 Å². The molecule has 1 fully saturated rings. The Labute approximate surface area is 132 Å². The van der Waals surface area contributed by atoms with E-state index in [0.717, 1.165) is 16.2 Å². The number of halogens is 3. The Morgan fingerprint density at radius 3 is 2.70 bits per heavy atom. The molecule has 0 aliphatic carbocycles. The van der Waals surface area contributed by atoms with Gasteiger partial charge in [-0.05, 0) is 24.1 Å². The van der Waals surface area contributed by atoms with Crippen LogP contribution in [0.5, 0.6) is 5.75 Å². The van der Waals surface area contributed by atoms with Gasteiger partial charge in [0.05, 0.1) is 20.3 Å². The maximum Gasteiger partial charge on any atom is 0.416 e. The van der Waals surface area contributed by atoms with Gasteiger partial charge >= 0.3 is 12.2 Å². The first-order valence-electron chi connectivity index (χ1n) is 7.24. The first-order valence-corrected chi connectivity index (χ1v) is 7.24. The zero-order valence-electron chi connectivity index (χ0n) is 12.7. The van der Waals surface area contributed by atoms with E-state index >= 15 is 0 Å². The predicted molar refractivity (Wildman–Crippen MR) is 77.5 cm³/mol. The second-order valence-corrected chi connectivity index (χ2v) is 5.18. The number of morpholine rings is 1. The van der Waals surface area contributed by atoms with Crippen LogP contribution in [-0.4, -0.2) is 56.6 Å². The molecule has 1 N–H and O–H groups in total. The highest BCUT2D eigenvalue weighted by Gasteiger charge is 2.44. The zero-order chi connectivity index (χ0) is 16.9. The molecule has 0 saturated carbocycles. The first kappa shape index (κ1) is 17.4. The maximum atomic E-state index is 12.6. The van der Waals surface area contributed by atoms with Gasteiger partial charge in [0.25, 0.3) is 0 Å². The lowest BCUT2D eigenvalue weighted by Crippen LogP contribution is -2.53. The van der Waals surface area contributed by atoms with Gasteiger partial charge in [-0.1, -0.05) is 12.1 Å². The quantitative estimate of drug-likeness (QED) is 0.920. The van der Waals surface area contributed by atoms with Crippen LogP contribution in [0.1, 0.15) is 5.56 Å². The molecule has 0 unspecified atom stereocenters. The van der Waals surface area contributed by atoms with E-state index < -0.39 is 24.9 Å². The lowest BCUT2D eigenvalue weighted by Gasteiger charge is -2.33. The fraction of sp³-hybridized carbons (Fsp3) is 0.533. The SMILES string of the molecule is COc1ccc(CCNC(=O)N2CCO[C@@H](C(F)(F)F)C2)cc1. The number of urea groups is 1. The third kappa shape index (κ3) is 5.02. The molecule has 1 saturated heterocycles. The van der Waals surface area contributed by atoms with Crippen LogP contribution in [0, 0.1) is 0 Å². The van der Waals surface area contributed by atoms with E-state index in [4.69, 9.17) is 4.74 Å². The van der Waals surface area contributed by atoms with Crippen LogP contribution in [0.15, 0.2) is 24.3 Å². The molecular weight excluding hydrogens is 313 g/mol. The van der Waals surface area contributed by atoms with Crippen molar-refractivity contribution in [3.63, 3.8) is 0 Å². The Hall–Kier alpha value is -1.96. The van der Waals surface area contributed by atoms with Crippen molar-refractivity contribution in [3.05, 3.63) is 29.8 Å². The summed E-state index contributed by atoms with van der Waals surface area (Å²) in [5, 5.41) is 2.63. The summed E-state index contributed by atoms with van der Waals surface area (Å²) < 4.78 is 47.6. The highest BCUT2D eigenvalue weighted by Crippen LogP contribution is 2.25. The van der Waals surface area contributed by atoms with Crippen LogP contribution in [0.25, 0.3) is 0 Å². The van der Waals surface area contributed by atoms with Crippen molar-refractivity contribution < 1.29 is 27.4 Å². The van der Waals surface area contributed by atoms with E-state index in [0.29, 0.717) is 13.0 Å². The second kappa shape index (κ2) is 7.54. The molecule has 2 amide bonds. The molecule has 0 aromatic heterocycles. The summed E-state index contributed by atoms with van der Waals surface area (Å²) in [7, 11) is 1.58. The highest BCUT2D eigenvalue weighted by atomic mass is 19.4. The minimum atomic E-state index is -4.46. The van der Waals surface area contributed by atoms with Crippen molar-refractivity contribution in [3.8, 4) is 5.75 Å². The van der Waals surface area contributed by atoms with Gasteiger partial charge < -0.3 is 19.7 Å². The molecule has 0 bridgehead atoms. The van der Waals surface area contributed by atoms with E-state index in [1.807, 2.05) is 24.3 Å². The minimum absolute atomic E-state index is 0.115. The number of methoxy groups -OCH3 is 1. The molecule has 1 heterocycles. The fourth-order valence-electron chi connectivity index (χ4n) is 2.25. The summed E-state index contributed by atoms with van der Waals surface area (Å²) in [6.07, 6.45) is -5.78. The van der Waals surface area contributed by atoms with Crippen molar-refractivity contribution in [2.24, 2.45) is 0 Å². The number of amides is 2. The number of carbonyl (C=O) groups excluding carboxylic acids is 1. The summed E-state index contributed by atoms with van der Waals surface area (Å²) in [5.41, 5.74) is 1.00. The Bertz CT molecular complexity index is 520. The molecule has 2 rings (SSSR count). The van der Waals surface area contributed by atoms with E-state index in [2.05, 4.69) is 10.1 Å². The van der Waals surface area contributed by atoms with Crippen molar-refractivity contribution in [1.29, 1.82) is 0 Å². The van der Waals surface area contributed by atoms with Gasteiger partial charge in [-0.15, -0.1) is 0 Å². The van der Waals surface area contributed by atoms with Crippen molar-refractivity contribution in [2.75, 3.05) is 33.4 Å². The average Bonchev–Trinajstić information content (AvgIpc) is 2.54. The molecule has 1 aromatic carbocycles. The summed E-state index contributed by atoms with van der Waals surface area (Å²) >= 11 is 0. The highest BCUT2D eigenvalue weighted by molar-refractivity contribution is 5.74. The monoisotopic (exact) mass is 332 g/mol. The summed E-state index contributed by atoms with van der Waals surface area (Å²) in [4.78, 5) is 13.1. The number of nitrogens with one attached hydrogen (secondary N) is 1. The normalized spacial score (nSPS) is 18.6. The first-order chi connectivity index (χ1) is 10.9. The molecule has 1 aliphatic rings. The van der Waals surface area contributed by atoms with Crippen molar-refractivity contribution >= 4 is 6.03 Å². The molecule has 5 nitrogen and oxygen atoms in total. The standard InChI is InChI=1S/C15H19F3N2O3/c1-22-12-4-2-11(3-5-12)6-7-19-14(21)20-8-9-23-13(10-20)15(16,17)18/h2-5,13H,6-10H2,1H3,(H,19,21)/t13-/m1/s1. The van der Waals surface area contributed by atoms with Gasteiger partial charge in [-0.3, -0.25) is 0 Å². The number of hydrogen-bond donors (Lipinski definition) is 1.